The number of carbonyl (C=O) groups is 2. The van der Waals surface area contributed by atoms with Crippen LogP contribution in [0.1, 0.15) is 18.4 Å². The molecule has 1 aromatic rings. The first-order valence-electron chi connectivity index (χ1n) is 9.46. The van der Waals surface area contributed by atoms with Crippen molar-refractivity contribution < 1.29 is 14.3 Å². The predicted octanol–water partition coefficient (Wildman–Crippen LogP) is 1.31. The van der Waals surface area contributed by atoms with Crippen molar-refractivity contribution in [2.45, 2.75) is 24.8 Å². The van der Waals surface area contributed by atoms with Crippen molar-refractivity contribution in [3.63, 3.8) is 0 Å². The second kappa shape index (κ2) is 6.07. The van der Waals surface area contributed by atoms with Gasteiger partial charge in [-0.25, -0.2) is 4.79 Å². The van der Waals surface area contributed by atoms with Gasteiger partial charge in [-0.15, -0.1) is 0 Å². The highest BCUT2D eigenvalue weighted by Gasteiger charge is 2.56. The number of pyridine rings is 1. The van der Waals surface area contributed by atoms with E-state index in [0.29, 0.717) is 36.1 Å². The molecule has 8 heteroatoms. The van der Waals surface area contributed by atoms with Crippen LogP contribution >= 0.6 is 11.6 Å². The van der Waals surface area contributed by atoms with E-state index in [1.807, 2.05) is 22.1 Å². The van der Waals surface area contributed by atoms with E-state index in [9.17, 15) is 9.59 Å². The summed E-state index contributed by atoms with van der Waals surface area (Å²) in [4.78, 5) is 32.0. The summed E-state index contributed by atoms with van der Waals surface area (Å²) in [5.41, 5.74) is 1.15. The minimum absolute atomic E-state index is 0.0911. The molecule has 1 N–H and O–H groups in total. The molecule has 1 aliphatic carbocycles. The highest BCUT2D eigenvalue weighted by molar-refractivity contribution is 6.30. The lowest BCUT2D eigenvalue weighted by atomic mass is 9.56. The zero-order valence-corrected chi connectivity index (χ0v) is 15.9. The summed E-state index contributed by atoms with van der Waals surface area (Å²) in [5, 5.41) is 3.66. The monoisotopic (exact) mass is 390 g/mol. The van der Waals surface area contributed by atoms with Gasteiger partial charge in [0.2, 0.25) is 5.91 Å². The Morgan fingerprint density at radius 2 is 2.00 bits per heavy atom. The number of halogens is 1. The Bertz CT molecular complexity index is 781. The van der Waals surface area contributed by atoms with E-state index in [-0.39, 0.29) is 24.1 Å². The van der Waals surface area contributed by atoms with Crippen LogP contribution in [0, 0.1) is 11.3 Å². The summed E-state index contributed by atoms with van der Waals surface area (Å²) in [5.74, 6) is 0.566. The van der Waals surface area contributed by atoms with E-state index >= 15 is 0 Å². The number of urea groups is 1. The standard InChI is InChI=1S/C19H23ClN4O3/c20-15-2-13(5-21-6-15)1-14-3-18(4-14)8-23(9-18)17(26)24-10-19(11-24)12-27-7-16(25)22-19/h2,5-6,14H,1,3-4,7-12H2,(H,22,25). The topological polar surface area (TPSA) is 74.8 Å². The number of aromatic nitrogens is 1. The summed E-state index contributed by atoms with van der Waals surface area (Å²) < 4.78 is 5.32. The van der Waals surface area contributed by atoms with Gasteiger partial charge in [-0.2, -0.15) is 0 Å². The van der Waals surface area contributed by atoms with Gasteiger partial charge in [-0.05, 0) is 36.8 Å². The van der Waals surface area contributed by atoms with E-state index in [1.54, 1.807) is 6.20 Å². The number of nitrogens with zero attached hydrogens (tertiary/aromatic N) is 3. The minimum atomic E-state index is -0.361. The molecule has 3 aliphatic heterocycles. The SMILES string of the molecule is O=C1COCC2(CN(C(=O)N3CC4(CC(Cc5cncc(Cl)c5)C4)C3)C2)N1. The van der Waals surface area contributed by atoms with Gasteiger partial charge in [0.15, 0.2) is 0 Å². The minimum Gasteiger partial charge on any atom is -0.369 e. The zero-order chi connectivity index (χ0) is 18.6. The Labute approximate surface area is 163 Å². The molecule has 0 atom stereocenters. The van der Waals surface area contributed by atoms with Crippen LogP contribution in [0.2, 0.25) is 5.02 Å². The van der Waals surface area contributed by atoms with Crippen molar-refractivity contribution in [2.24, 2.45) is 11.3 Å². The molecule has 1 aromatic heterocycles. The molecule has 3 saturated heterocycles. The van der Waals surface area contributed by atoms with Crippen molar-refractivity contribution in [3.8, 4) is 0 Å². The Hall–Kier alpha value is -1.86. The maximum atomic E-state index is 12.6. The average Bonchev–Trinajstić information content (AvgIpc) is 2.53. The van der Waals surface area contributed by atoms with Crippen molar-refractivity contribution >= 4 is 23.5 Å². The second-order valence-corrected chi connectivity index (χ2v) is 9.24. The molecule has 144 valence electrons. The maximum Gasteiger partial charge on any atom is 0.320 e. The molecule has 0 aromatic carbocycles. The van der Waals surface area contributed by atoms with Gasteiger partial charge >= 0.3 is 6.03 Å². The molecule has 0 radical (unpaired) electrons. The lowest BCUT2D eigenvalue weighted by Crippen LogP contribution is -2.78. The van der Waals surface area contributed by atoms with Gasteiger partial charge < -0.3 is 19.9 Å². The van der Waals surface area contributed by atoms with Gasteiger partial charge in [0.05, 0.1) is 17.2 Å². The van der Waals surface area contributed by atoms with Crippen LogP contribution in [0.4, 0.5) is 4.79 Å². The van der Waals surface area contributed by atoms with Crippen molar-refractivity contribution in [3.05, 3.63) is 29.0 Å². The fourth-order valence-corrected chi connectivity index (χ4v) is 5.46. The summed E-state index contributed by atoms with van der Waals surface area (Å²) >= 11 is 6.01. The number of rotatable bonds is 2. The molecular formula is C19H23ClN4O3. The van der Waals surface area contributed by atoms with E-state index < -0.39 is 0 Å². The van der Waals surface area contributed by atoms with Gasteiger partial charge in [-0.1, -0.05) is 11.6 Å². The largest absolute Gasteiger partial charge is 0.369 e. The number of carbonyl (C=O) groups excluding carboxylic acids is 2. The normalized spacial score (nSPS) is 25.6. The molecule has 27 heavy (non-hydrogen) atoms. The molecule has 2 spiro atoms. The van der Waals surface area contributed by atoms with Crippen molar-refractivity contribution in [1.29, 1.82) is 0 Å². The number of amides is 3. The number of morpholine rings is 1. The molecule has 0 unspecified atom stereocenters. The number of hydrogen-bond acceptors (Lipinski definition) is 4. The maximum absolute atomic E-state index is 12.6. The number of ether oxygens (including phenoxy) is 1. The van der Waals surface area contributed by atoms with Crippen LogP contribution < -0.4 is 5.32 Å². The van der Waals surface area contributed by atoms with Gasteiger partial charge in [-0.3, -0.25) is 9.78 Å². The first-order chi connectivity index (χ1) is 12.9. The van der Waals surface area contributed by atoms with Crippen LogP contribution in [0.15, 0.2) is 18.5 Å². The Morgan fingerprint density at radius 3 is 2.70 bits per heavy atom. The van der Waals surface area contributed by atoms with Gasteiger partial charge in [0.1, 0.15) is 6.61 Å². The predicted molar refractivity (Wildman–Crippen MR) is 98.3 cm³/mol. The molecule has 7 nitrogen and oxygen atoms in total. The van der Waals surface area contributed by atoms with E-state index in [1.165, 1.54) is 5.56 Å². The lowest BCUT2D eigenvalue weighted by molar-refractivity contribution is -0.142. The smallest absolute Gasteiger partial charge is 0.320 e. The van der Waals surface area contributed by atoms with Crippen molar-refractivity contribution in [2.75, 3.05) is 39.4 Å². The summed E-state index contributed by atoms with van der Waals surface area (Å²) in [6, 6.07) is 2.08. The zero-order valence-electron chi connectivity index (χ0n) is 15.1. The average molecular weight is 391 g/mol. The fraction of sp³-hybridized carbons (Fsp3) is 0.632. The summed E-state index contributed by atoms with van der Waals surface area (Å²) in [7, 11) is 0. The Balaban J connectivity index is 1.07. The van der Waals surface area contributed by atoms with Crippen LogP contribution in [-0.4, -0.2) is 71.7 Å². The van der Waals surface area contributed by atoms with E-state index in [0.717, 1.165) is 32.4 Å². The second-order valence-electron chi connectivity index (χ2n) is 8.81. The number of nitrogens with one attached hydrogen (secondary N) is 1. The number of likely N-dealkylation sites (tertiary alicyclic amines) is 2. The first-order valence-corrected chi connectivity index (χ1v) is 9.84. The molecule has 4 aliphatic rings. The highest BCUT2D eigenvalue weighted by Crippen LogP contribution is 2.53. The molecule has 4 fully saturated rings. The summed E-state index contributed by atoms with van der Waals surface area (Å²) in [6.45, 7) is 3.41. The highest BCUT2D eigenvalue weighted by atomic mass is 35.5. The summed E-state index contributed by atoms with van der Waals surface area (Å²) in [6.07, 6.45) is 6.89. The quantitative estimate of drug-likeness (QED) is 0.826. The van der Waals surface area contributed by atoms with Crippen molar-refractivity contribution in [1.82, 2.24) is 20.1 Å². The van der Waals surface area contributed by atoms with Gasteiger partial charge in [0.25, 0.3) is 0 Å². The molecule has 0 bridgehead atoms. The van der Waals surface area contributed by atoms with Crippen LogP contribution in [0.5, 0.6) is 0 Å². The molecule has 4 heterocycles. The van der Waals surface area contributed by atoms with Crippen LogP contribution in [-0.2, 0) is 16.0 Å². The first kappa shape index (κ1) is 17.3. The third-order valence-corrected chi connectivity index (χ3v) is 6.53. The molecule has 3 amide bonds. The number of hydrogen-bond donors (Lipinski definition) is 1. The lowest BCUT2D eigenvalue weighted by Gasteiger charge is -2.61. The van der Waals surface area contributed by atoms with Crippen LogP contribution in [0.3, 0.4) is 0 Å². The molecular weight excluding hydrogens is 368 g/mol. The Kier molecular flexibility index (Phi) is 3.88. The third-order valence-electron chi connectivity index (χ3n) is 6.33. The van der Waals surface area contributed by atoms with E-state index in [4.69, 9.17) is 16.3 Å². The van der Waals surface area contributed by atoms with Crippen LogP contribution in [0.25, 0.3) is 0 Å². The third kappa shape index (κ3) is 3.06. The molecule has 1 saturated carbocycles. The molecule has 5 rings (SSSR count). The van der Waals surface area contributed by atoms with Gasteiger partial charge in [0, 0.05) is 44.0 Å². The fourth-order valence-electron chi connectivity index (χ4n) is 5.26. The van der Waals surface area contributed by atoms with E-state index in [2.05, 4.69) is 10.3 Å². The Morgan fingerprint density at radius 1 is 1.26 bits per heavy atom.